The van der Waals surface area contributed by atoms with E-state index in [1.54, 1.807) is 6.92 Å². The molecule has 1 aromatic heterocycles. The zero-order chi connectivity index (χ0) is 24.6. The van der Waals surface area contributed by atoms with E-state index < -0.39 is 35.6 Å². The van der Waals surface area contributed by atoms with Crippen molar-refractivity contribution >= 4 is 17.4 Å². The number of pyridine rings is 1. The van der Waals surface area contributed by atoms with Crippen LogP contribution in [0.15, 0.2) is 35.3 Å². The van der Waals surface area contributed by atoms with Crippen LogP contribution in [-0.2, 0) is 16.7 Å². The topological polar surface area (TPSA) is 113 Å². The van der Waals surface area contributed by atoms with Crippen LogP contribution in [0.2, 0.25) is 0 Å². The molecule has 1 aromatic carbocycles. The fraction of sp³-hybridized carbons (Fsp3) is 0.409. The lowest BCUT2D eigenvalue weighted by molar-refractivity contribution is -0.249. The van der Waals surface area contributed by atoms with Crippen molar-refractivity contribution in [1.82, 2.24) is 4.98 Å². The molecule has 11 heteroatoms. The number of nitrogens with two attached hydrogens (primary N) is 2. The molecule has 3 rings (SSSR count). The Morgan fingerprint density at radius 1 is 1.21 bits per heavy atom. The van der Waals surface area contributed by atoms with Gasteiger partial charge in [0.1, 0.15) is 23.0 Å². The molecular weight excluding hydrogens is 444 g/mol. The number of aliphatic imine (C=N–C) groups is 1. The second kappa shape index (κ2) is 8.62. The van der Waals surface area contributed by atoms with Crippen LogP contribution in [0.3, 0.4) is 0 Å². The number of nitrogens with zero attached hydrogens (tertiary/aromatic N) is 2. The number of carbonyl (C=O) groups is 1. The highest BCUT2D eigenvalue weighted by molar-refractivity contribution is 6.01. The number of carbonyl (C=O) groups excluding carboxylic acids is 1. The molecule has 1 aliphatic rings. The van der Waals surface area contributed by atoms with E-state index in [1.165, 1.54) is 31.2 Å². The third-order valence-corrected chi connectivity index (χ3v) is 5.51. The lowest BCUT2D eigenvalue weighted by Crippen LogP contribution is -2.60. The first-order valence-corrected chi connectivity index (χ1v) is 10.1. The van der Waals surface area contributed by atoms with Crippen LogP contribution >= 0.6 is 0 Å². The molecule has 0 unspecified atom stereocenters. The number of anilines is 1. The number of aromatic nitrogens is 1. The maximum absolute atomic E-state index is 14.7. The Balaban J connectivity index is 1.90. The number of hydrogen-bond acceptors (Lipinski definition) is 7. The molecule has 2 heterocycles. The number of alkyl halides is 3. The normalized spacial score (nSPS) is 23.2. The van der Waals surface area contributed by atoms with Crippen LogP contribution in [0.5, 0.6) is 5.88 Å². The van der Waals surface area contributed by atoms with Gasteiger partial charge in [0.25, 0.3) is 0 Å². The summed E-state index contributed by atoms with van der Waals surface area (Å²) in [6.07, 6.45) is -4.94. The summed E-state index contributed by atoms with van der Waals surface area (Å²) < 4.78 is 65.0. The first-order chi connectivity index (χ1) is 15.3. The summed E-state index contributed by atoms with van der Waals surface area (Å²) in [6.45, 7) is 3.78. The molecule has 0 fully saturated rings. The average Bonchev–Trinajstić information content (AvgIpc) is 2.72. The van der Waals surface area contributed by atoms with E-state index in [-0.39, 0.29) is 35.0 Å². The summed E-state index contributed by atoms with van der Waals surface area (Å²) >= 11 is 0. The second-order valence-electron chi connectivity index (χ2n) is 8.02. The van der Waals surface area contributed by atoms with Gasteiger partial charge in [0, 0.05) is 18.1 Å². The van der Waals surface area contributed by atoms with E-state index in [0.29, 0.717) is 12.2 Å². The van der Waals surface area contributed by atoms with Gasteiger partial charge in [-0.1, -0.05) is 6.07 Å². The van der Waals surface area contributed by atoms with Crippen molar-refractivity contribution in [3.05, 3.63) is 52.8 Å². The molecule has 0 spiro atoms. The standard InChI is InChI=1S/C22H24F4N4O3/c1-4-32-17-8-6-13(18(27)29-17)16(31)10-12-5-7-15(23)14(9-12)20(2)11-33-21(3,19(28)30-20)22(24,25)26/h5-9H,4,10-11H2,1-3H3,(H2,27,29)(H2,28,30)/t20-,21+/m0/s1. The van der Waals surface area contributed by atoms with Crippen molar-refractivity contribution in [2.45, 2.75) is 44.5 Å². The highest BCUT2D eigenvalue weighted by Crippen LogP contribution is 2.41. The van der Waals surface area contributed by atoms with E-state index in [2.05, 4.69) is 9.98 Å². The highest BCUT2D eigenvalue weighted by atomic mass is 19.4. The Kier molecular flexibility index (Phi) is 6.38. The van der Waals surface area contributed by atoms with E-state index in [0.717, 1.165) is 13.0 Å². The van der Waals surface area contributed by atoms with Crippen molar-refractivity contribution in [2.75, 3.05) is 18.9 Å². The number of nitrogen functional groups attached to an aromatic ring is 1. The third-order valence-electron chi connectivity index (χ3n) is 5.51. The van der Waals surface area contributed by atoms with Gasteiger partial charge in [-0.2, -0.15) is 18.2 Å². The van der Waals surface area contributed by atoms with Crippen LogP contribution in [0.1, 0.15) is 42.3 Å². The second-order valence-corrected chi connectivity index (χ2v) is 8.02. The molecule has 2 aromatic rings. The molecule has 33 heavy (non-hydrogen) atoms. The largest absolute Gasteiger partial charge is 0.478 e. The minimum absolute atomic E-state index is 0.00950. The van der Waals surface area contributed by atoms with Gasteiger partial charge in [0.15, 0.2) is 5.78 Å². The summed E-state index contributed by atoms with van der Waals surface area (Å²) in [5, 5.41) is 0. The number of amidine groups is 1. The lowest BCUT2D eigenvalue weighted by atomic mass is 9.88. The maximum Gasteiger partial charge on any atom is 0.424 e. The van der Waals surface area contributed by atoms with Crippen LogP contribution in [0, 0.1) is 5.82 Å². The molecule has 0 bridgehead atoms. The molecule has 0 saturated heterocycles. The number of hydrogen-bond donors (Lipinski definition) is 2. The zero-order valence-corrected chi connectivity index (χ0v) is 18.3. The van der Waals surface area contributed by atoms with Crippen molar-refractivity contribution in [1.29, 1.82) is 0 Å². The molecule has 7 nitrogen and oxygen atoms in total. The third kappa shape index (κ3) is 4.63. The molecule has 4 N–H and O–H groups in total. The van der Waals surface area contributed by atoms with Crippen molar-refractivity contribution in [3.8, 4) is 5.88 Å². The van der Waals surface area contributed by atoms with E-state index in [1.807, 2.05) is 0 Å². The Morgan fingerprint density at radius 3 is 2.48 bits per heavy atom. The molecular formula is C22H24F4N4O3. The summed E-state index contributed by atoms with van der Waals surface area (Å²) in [6, 6.07) is 6.88. The van der Waals surface area contributed by atoms with Gasteiger partial charge in [-0.05, 0) is 44.5 Å². The predicted octanol–water partition coefficient (Wildman–Crippen LogP) is 3.55. The first kappa shape index (κ1) is 24.4. The number of ether oxygens (including phenoxy) is 2. The number of rotatable bonds is 6. The van der Waals surface area contributed by atoms with E-state index >= 15 is 0 Å². The van der Waals surface area contributed by atoms with E-state index in [9.17, 15) is 22.4 Å². The lowest BCUT2D eigenvalue weighted by Gasteiger charge is -2.41. The van der Waals surface area contributed by atoms with Gasteiger partial charge in [-0.3, -0.25) is 9.79 Å². The monoisotopic (exact) mass is 468 g/mol. The maximum atomic E-state index is 14.7. The van der Waals surface area contributed by atoms with Crippen LogP contribution < -0.4 is 16.2 Å². The Bertz CT molecular complexity index is 1110. The SMILES string of the molecule is CCOc1ccc(C(=O)Cc2ccc(F)c([C@]3(C)CO[C@@](C)(C(F)(F)F)C(N)=N3)c2)c(N)n1. The molecule has 0 saturated carbocycles. The van der Waals surface area contributed by atoms with Gasteiger partial charge in [0.2, 0.25) is 11.5 Å². The predicted molar refractivity (Wildman–Crippen MR) is 114 cm³/mol. The molecule has 178 valence electrons. The number of halogens is 4. The number of benzene rings is 1. The summed E-state index contributed by atoms with van der Waals surface area (Å²) in [7, 11) is 0. The summed E-state index contributed by atoms with van der Waals surface area (Å²) in [5.74, 6) is -1.63. The molecule has 0 radical (unpaired) electrons. The number of Topliss-reactive ketones (excluding diaryl/α,β-unsaturated/α-hetero) is 1. The van der Waals surface area contributed by atoms with Gasteiger partial charge in [0.05, 0.1) is 18.8 Å². The fourth-order valence-corrected chi connectivity index (χ4v) is 3.42. The van der Waals surface area contributed by atoms with Gasteiger partial charge < -0.3 is 20.9 Å². The minimum Gasteiger partial charge on any atom is -0.478 e. The Labute approximate surface area is 187 Å². The van der Waals surface area contributed by atoms with Crippen LogP contribution in [-0.4, -0.2) is 41.6 Å². The molecule has 1 aliphatic heterocycles. The molecule has 0 amide bonds. The van der Waals surface area contributed by atoms with Crippen LogP contribution in [0.4, 0.5) is 23.4 Å². The number of ketones is 1. The van der Waals surface area contributed by atoms with E-state index in [4.69, 9.17) is 20.9 Å². The van der Waals surface area contributed by atoms with Gasteiger partial charge in [-0.25, -0.2) is 4.39 Å². The summed E-state index contributed by atoms with van der Waals surface area (Å²) in [5.41, 5.74) is 7.71. The summed E-state index contributed by atoms with van der Waals surface area (Å²) in [4.78, 5) is 20.7. The Morgan fingerprint density at radius 2 is 1.91 bits per heavy atom. The minimum atomic E-state index is -4.79. The Hall–Kier alpha value is -3.21. The average molecular weight is 468 g/mol. The van der Waals surface area contributed by atoms with Crippen LogP contribution in [0.25, 0.3) is 0 Å². The molecule has 0 aliphatic carbocycles. The zero-order valence-electron chi connectivity index (χ0n) is 18.3. The smallest absolute Gasteiger partial charge is 0.424 e. The van der Waals surface area contributed by atoms with Crippen molar-refractivity contribution in [3.63, 3.8) is 0 Å². The first-order valence-electron chi connectivity index (χ1n) is 10.1. The van der Waals surface area contributed by atoms with Gasteiger partial charge >= 0.3 is 6.18 Å². The van der Waals surface area contributed by atoms with Crippen molar-refractivity contribution in [2.24, 2.45) is 10.7 Å². The molecule has 2 atom stereocenters. The fourth-order valence-electron chi connectivity index (χ4n) is 3.42. The van der Waals surface area contributed by atoms with Crippen molar-refractivity contribution < 1.29 is 31.8 Å². The van der Waals surface area contributed by atoms with Gasteiger partial charge in [-0.15, -0.1) is 0 Å². The highest BCUT2D eigenvalue weighted by Gasteiger charge is 2.59. The quantitative estimate of drug-likeness (QED) is 0.495.